The normalized spacial score (nSPS) is 20.7. The fourth-order valence-electron chi connectivity index (χ4n) is 1.88. The van der Waals surface area contributed by atoms with Gasteiger partial charge < -0.3 is 15.0 Å². The van der Waals surface area contributed by atoms with Crippen molar-refractivity contribution < 1.29 is 9.53 Å². The van der Waals surface area contributed by atoms with Gasteiger partial charge in [0, 0.05) is 17.6 Å². The molecule has 1 unspecified atom stereocenters. The predicted molar refractivity (Wildman–Crippen MR) is 70.2 cm³/mol. The van der Waals surface area contributed by atoms with E-state index in [0.29, 0.717) is 19.7 Å². The molecule has 0 aromatic heterocycles. The first-order chi connectivity index (χ1) is 8.24. The van der Waals surface area contributed by atoms with Gasteiger partial charge in [-0.15, -0.1) is 0 Å². The Morgan fingerprint density at radius 2 is 2.29 bits per heavy atom. The molecule has 92 valence electrons. The lowest BCUT2D eigenvalue weighted by Gasteiger charge is -2.32. The van der Waals surface area contributed by atoms with E-state index in [0.717, 1.165) is 10.2 Å². The molecule has 5 heteroatoms. The number of nitrogens with one attached hydrogen (secondary N) is 1. The van der Waals surface area contributed by atoms with Crippen molar-refractivity contribution in [3.63, 3.8) is 0 Å². The minimum atomic E-state index is -0.388. The standard InChI is InChI=1S/C12H15BrN2O2/c1-14-8-11-12(16)15(6-7-17-11)10-5-3-2-4-9(10)13/h2-5,11,14H,6-8H2,1H3. The van der Waals surface area contributed by atoms with Crippen LogP contribution in [0.4, 0.5) is 5.69 Å². The first kappa shape index (κ1) is 12.5. The molecule has 1 fully saturated rings. The van der Waals surface area contributed by atoms with Crippen LogP contribution in [-0.4, -0.2) is 38.8 Å². The number of benzene rings is 1. The van der Waals surface area contributed by atoms with Crippen molar-refractivity contribution in [2.24, 2.45) is 0 Å². The van der Waals surface area contributed by atoms with E-state index in [1.807, 2.05) is 31.3 Å². The molecule has 1 aromatic rings. The topological polar surface area (TPSA) is 41.6 Å². The Kier molecular flexibility index (Phi) is 4.15. The predicted octanol–water partition coefficient (Wildman–Crippen LogP) is 1.40. The maximum Gasteiger partial charge on any atom is 0.257 e. The van der Waals surface area contributed by atoms with Crippen molar-refractivity contribution in [3.05, 3.63) is 28.7 Å². The summed E-state index contributed by atoms with van der Waals surface area (Å²) >= 11 is 3.47. The van der Waals surface area contributed by atoms with Crippen molar-refractivity contribution >= 4 is 27.5 Å². The first-order valence-corrected chi connectivity index (χ1v) is 6.35. The van der Waals surface area contributed by atoms with Gasteiger partial charge in [-0.2, -0.15) is 0 Å². The summed E-state index contributed by atoms with van der Waals surface area (Å²) in [6.45, 7) is 1.71. The number of para-hydroxylation sites is 1. The molecule has 0 radical (unpaired) electrons. The average Bonchev–Trinajstić information content (AvgIpc) is 2.33. The van der Waals surface area contributed by atoms with Crippen LogP contribution in [0.5, 0.6) is 0 Å². The second-order valence-corrected chi connectivity index (χ2v) is 4.71. The SMILES string of the molecule is CNCC1OCCN(c2ccccc2Br)C1=O. The molecule has 1 amide bonds. The van der Waals surface area contributed by atoms with Gasteiger partial charge in [-0.3, -0.25) is 4.79 Å². The molecular weight excluding hydrogens is 284 g/mol. The number of rotatable bonds is 3. The van der Waals surface area contributed by atoms with Crippen molar-refractivity contribution in [3.8, 4) is 0 Å². The average molecular weight is 299 g/mol. The highest BCUT2D eigenvalue weighted by molar-refractivity contribution is 9.10. The van der Waals surface area contributed by atoms with E-state index < -0.39 is 0 Å². The lowest BCUT2D eigenvalue weighted by atomic mass is 10.2. The van der Waals surface area contributed by atoms with Crippen molar-refractivity contribution in [2.45, 2.75) is 6.10 Å². The summed E-state index contributed by atoms with van der Waals surface area (Å²) in [5.41, 5.74) is 0.905. The molecule has 1 aliphatic heterocycles. The van der Waals surface area contributed by atoms with Gasteiger partial charge in [-0.1, -0.05) is 12.1 Å². The molecule has 1 atom stereocenters. The summed E-state index contributed by atoms with van der Waals surface area (Å²) in [5.74, 6) is 0.0116. The quantitative estimate of drug-likeness (QED) is 0.917. The van der Waals surface area contributed by atoms with Gasteiger partial charge in [0.05, 0.1) is 12.3 Å². The molecule has 1 N–H and O–H groups in total. The van der Waals surface area contributed by atoms with Gasteiger partial charge in [0.2, 0.25) is 0 Å². The van der Waals surface area contributed by atoms with Crippen molar-refractivity contribution in [2.75, 3.05) is 31.6 Å². The van der Waals surface area contributed by atoms with Crippen LogP contribution in [-0.2, 0) is 9.53 Å². The van der Waals surface area contributed by atoms with Gasteiger partial charge in [0.1, 0.15) is 6.10 Å². The highest BCUT2D eigenvalue weighted by Gasteiger charge is 2.30. The van der Waals surface area contributed by atoms with E-state index in [4.69, 9.17) is 4.74 Å². The summed E-state index contributed by atoms with van der Waals surface area (Å²) < 4.78 is 6.38. The number of halogens is 1. The van der Waals surface area contributed by atoms with E-state index in [1.165, 1.54) is 0 Å². The zero-order valence-electron chi connectivity index (χ0n) is 9.65. The maximum atomic E-state index is 12.2. The number of amides is 1. The smallest absolute Gasteiger partial charge is 0.257 e. The molecule has 1 aromatic carbocycles. The van der Waals surface area contributed by atoms with Gasteiger partial charge in [-0.05, 0) is 35.1 Å². The Morgan fingerprint density at radius 1 is 1.53 bits per heavy atom. The van der Waals surface area contributed by atoms with Crippen LogP contribution in [0.3, 0.4) is 0 Å². The molecule has 1 aliphatic rings. The minimum Gasteiger partial charge on any atom is -0.365 e. The third kappa shape index (κ3) is 2.68. The molecule has 0 saturated carbocycles. The molecule has 0 aliphatic carbocycles. The summed E-state index contributed by atoms with van der Waals surface area (Å²) in [4.78, 5) is 14.0. The number of carbonyl (C=O) groups excluding carboxylic acids is 1. The van der Waals surface area contributed by atoms with E-state index in [9.17, 15) is 4.79 Å². The molecule has 0 spiro atoms. The molecular formula is C12H15BrN2O2. The number of likely N-dealkylation sites (N-methyl/N-ethyl adjacent to an activating group) is 1. The third-order valence-corrected chi connectivity index (χ3v) is 3.38. The van der Waals surface area contributed by atoms with Crippen LogP contribution in [0.1, 0.15) is 0 Å². The summed E-state index contributed by atoms with van der Waals surface area (Å²) in [5, 5.41) is 2.97. The highest BCUT2D eigenvalue weighted by atomic mass is 79.9. The summed E-state index contributed by atoms with van der Waals surface area (Å²) in [7, 11) is 1.81. The maximum absolute atomic E-state index is 12.2. The van der Waals surface area contributed by atoms with Crippen molar-refractivity contribution in [1.82, 2.24) is 5.32 Å². The Morgan fingerprint density at radius 3 is 3.00 bits per heavy atom. The van der Waals surface area contributed by atoms with Crippen molar-refractivity contribution in [1.29, 1.82) is 0 Å². The minimum absolute atomic E-state index is 0.0116. The number of carbonyl (C=O) groups is 1. The highest BCUT2D eigenvalue weighted by Crippen LogP contribution is 2.27. The zero-order valence-corrected chi connectivity index (χ0v) is 11.2. The Bertz CT molecular complexity index is 409. The fraction of sp³-hybridized carbons (Fsp3) is 0.417. The zero-order chi connectivity index (χ0) is 12.3. The molecule has 1 heterocycles. The van der Waals surface area contributed by atoms with E-state index >= 15 is 0 Å². The number of ether oxygens (including phenoxy) is 1. The van der Waals surface area contributed by atoms with Gasteiger partial charge in [0.15, 0.2) is 0 Å². The number of hydrogen-bond acceptors (Lipinski definition) is 3. The Hall–Kier alpha value is -0.910. The van der Waals surface area contributed by atoms with Crippen LogP contribution in [0.25, 0.3) is 0 Å². The summed E-state index contributed by atoms with van der Waals surface area (Å²) in [6.07, 6.45) is -0.388. The Labute approximate surface area is 109 Å². The van der Waals surface area contributed by atoms with Gasteiger partial charge in [0.25, 0.3) is 5.91 Å². The lowest BCUT2D eigenvalue weighted by Crippen LogP contribution is -2.51. The molecule has 2 rings (SSSR count). The second kappa shape index (κ2) is 5.62. The van der Waals surface area contributed by atoms with Crippen LogP contribution >= 0.6 is 15.9 Å². The fourth-order valence-corrected chi connectivity index (χ4v) is 2.38. The monoisotopic (exact) mass is 298 g/mol. The van der Waals surface area contributed by atoms with Crippen LogP contribution in [0, 0.1) is 0 Å². The number of nitrogens with zero attached hydrogens (tertiary/aromatic N) is 1. The van der Waals surface area contributed by atoms with Gasteiger partial charge in [-0.25, -0.2) is 0 Å². The Balaban J connectivity index is 2.21. The number of morpholine rings is 1. The van der Waals surface area contributed by atoms with E-state index in [2.05, 4.69) is 21.2 Å². The van der Waals surface area contributed by atoms with Gasteiger partial charge >= 0.3 is 0 Å². The van der Waals surface area contributed by atoms with Crippen LogP contribution in [0.2, 0.25) is 0 Å². The lowest BCUT2D eigenvalue weighted by molar-refractivity contribution is -0.133. The molecule has 0 bridgehead atoms. The second-order valence-electron chi connectivity index (χ2n) is 3.86. The number of hydrogen-bond donors (Lipinski definition) is 1. The van der Waals surface area contributed by atoms with Crippen LogP contribution < -0.4 is 10.2 Å². The molecule has 17 heavy (non-hydrogen) atoms. The molecule has 4 nitrogen and oxygen atoms in total. The third-order valence-electron chi connectivity index (χ3n) is 2.71. The van der Waals surface area contributed by atoms with Crippen LogP contribution in [0.15, 0.2) is 28.7 Å². The van der Waals surface area contributed by atoms with E-state index in [1.54, 1.807) is 4.90 Å². The van der Waals surface area contributed by atoms with E-state index in [-0.39, 0.29) is 12.0 Å². The number of anilines is 1. The first-order valence-electron chi connectivity index (χ1n) is 5.56. The summed E-state index contributed by atoms with van der Waals surface area (Å²) in [6, 6.07) is 7.73. The molecule has 1 saturated heterocycles. The largest absolute Gasteiger partial charge is 0.365 e.